The van der Waals surface area contributed by atoms with Gasteiger partial charge in [-0.3, -0.25) is 4.79 Å². The number of nitrogens with two attached hydrogens (primary N) is 1. The highest BCUT2D eigenvalue weighted by molar-refractivity contribution is 9.10. The molecule has 0 radical (unpaired) electrons. The van der Waals surface area contributed by atoms with Gasteiger partial charge in [-0.15, -0.1) is 0 Å². The molecule has 21 heavy (non-hydrogen) atoms. The first-order valence-electron chi connectivity index (χ1n) is 7.50. The Balaban J connectivity index is 1.71. The molecule has 2 N–H and O–H groups in total. The summed E-state index contributed by atoms with van der Waals surface area (Å²) in [5, 5.41) is 0. The second-order valence-electron chi connectivity index (χ2n) is 5.60. The van der Waals surface area contributed by atoms with E-state index in [1.165, 1.54) is 0 Å². The molecule has 0 bridgehead atoms. The monoisotopic (exact) mass is 354 g/mol. The SMILES string of the molecule is C[C@@H]1C[C@@H](N)CCN1C(=O)CCCOc1ccccc1Br. The van der Waals surface area contributed by atoms with E-state index in [1.54, 1.807) is 0 Å². The Hall–Kier alpha value is -1.07. The van der Waals surface area contributed by atoms with Crippen LogP contribution in [0.4, 0.5) is 0 Å². The van der Waals surface area contributed by atoms with Crippen molar-refractivity contribution in [2.75, 3.05) is 13.2 Å². The maximum atomic E-state index is 12.2. The van der Waals surface area contributed by atoms with Gasteiger partial charge in [-0.25, -0.2) is 0 Å². The van der Waals surface area contributed by atoms with Crippen molar-refractivity contribution < 1.29 is 9.53 Å². The number of rotatable bonds is 5. The zero-order chi connectivity index (χ0) is 15.2. The molecule has 1 saturated heterocycles. The minimum atomic E-state index is 0.213. The highest BCUT2D eigenvalue weighted by Crippen LogP contribution is 2.24. The van der Waals surface area contributed by atoms with Gasteiger partial charge in [-0.1, -0.05) is 12.1 Å². The number of carbonyl (C=O) groups excluding carboxylic acids is 1. The fraction of sp³-hybridized carbons (Fsp3) is 0.562. The minimum Gasteiger partial charge on any atom is -0.492 e. The number of likely N-dealkylation sites (tertiary alicyclic amines) is 1. The van der Waals surface area contributed by atoms with E-state index in [2.05, 4.69) is 22.9 Å². The van der Waals surface area contributed by atoms with Gasteiger partial charge in [0.2, 0.25) is 5.91 Å². The van der Waals surface area contributed by atoms with Gasteiger partial charge in [0.15, 0.2) is 0 Å². The van der Waals surface area contributed by atoms with Crippen LogP contribution in [-0.4, -0.2) is 36.0 Å². The average molecular weight is 355 g/mol. The van der Waals surface area contributed by atoms with Crippen LogP contribution in [-0.2, 0) is 4.79 Å². The number of benzene rings is 1. The number of ether oxygens (including phenoxy) is 1. The third-order valence-corrected chi connectivity index (χ3v) is 4.52. The second-order valence-corrected chi connectivity index (χ2v) is 6.46. The zero-order valence-electron chi connectivity index (χ0n) is 12.4. The third kappa shape index (κ3) is 4.71. The van der Waals surface area contributed by atoms with Crippen molar-refractivity contribution in [3.8, 4) is 5.75 Å². The lowest BCUT2D eigenvalue weighted by Crippen LogP contribution is -2.48. The molecule has 2 atom stereocenters. The number of para-hydroxylation sites is 1. The van der Waals surface area contributed by atoms with Crippen LogP contribution in [0.15, 0.2) is 28.7 Å². The molecule has 116 valence electrons. The zero-order valence-corrected chi connectivity index (χ0v) is 14.0. The Morgan fingerprint density at radius 1 is 1.48 bits per heavy atom. The van der Waals surface area contributed by atoms with Crippen LogP contribution in [0.25, 0.3) is 0 Å². The molecule has 1 aliphatic heterocycles. The Bertz CT molecular complexity index is 481. The maximum absolute atomic E-state index is 12.2. The molecule has 2 rings (SSSR count). The number of hydrogen-bond donors (Lipinski definition) is 1. The fourth-order valence-electron chi connectivity index (χ4n) is 2.69. The van der Waals surface area contributed by atoms with E-state index in [4.69, 9.17) is 10.5 Å². The molecule has 5 heteroatoms. The molecular formula is C16H23BrN2O2. The molecule has 1 amide bonds. The molecule has 0 unspecified atom stereocenters. The smallest absolute Gasteiger partial charge is 0.222 e. The minimum absolute atomic E-state index is 0.213. The summed E-state index contributed by atoms with van der Waals surface area (Å²) in [5.74, 6) is 1.03. The quantitative estimate of drug-likeness (QED) is 0.827. The molecule has 0 aliphatic carbocycles. The first-order valence-corrected chi connectivity index (χ1v) is 8.29. The van der Waals surface area contributed by atoms with E-state index >= 15 is 0 Å². The second kappa shape index (κ2) is 7.80. The molecule has 4 nitrogen and oxygen atoms in total. The van der Waals surface area contributed by atoms with Gasteiger partial charge in [-0.05, 0) is 54.2 Å². The van der Waals surface area contributed by atoms with Crippen LogP contribution in [0.1, 0.15) is 32.6 Å². The van der Waals surface area contributed by atoms with E-state index in [0.29, 0.717) is 13.0 Å². The standard InChI is InChI=1S/C16H23BrN2O2/c1-12-11-13(18)8-9-19(12)16(20)7-4-10-21-15-6-3-2-5-14(15)17/h2-3,5-6,12-13H,4,7-11,18H2,1H3/t12-,13+/m1/s1. The molecular weight excluding hydrogens is 332 g/mol. The predicted molar refractivity (Wildman–Crippen MR) is 87.3 cm³/mol. The van der Waals surface area contributed by atoms with Crippen LogP contribution >= 0.6 is 15.9 Å². The normalized spacial score (nSPS) is 22.1. The summed E-state index contributed by atoms with van der Waals surface area (Å²) in [4.78, 5) is 14.2. The first-order chi connectivity index (χ1) is 10.1. The van der Waals surface area contributed by atoms with E-state index < -0.39 is 0 Å². The van der Waals surface area contributed by atoms with E-state index in [9.17, 15) is 4.79 Å². The summed E-state index contributed by atoms with van der Waals surface area (Å²) in [6.07, 6.45) is 3.07. The lowest BCUT2D eigenvalue weighted by molar-refractivity contribution is -0.134. The highest BCUT2D eigenvalue weighted by Gasteiger charge is 2.26. The summed E-state index contributed by atoms with van der Waals surface area (Å²) in [5.41, 5.74) is 5.93. The largest absolute Gasteiger partial charge is 0.492 e. The summed E-state index contributed by atoms with van der Waals surface area (Å²) < 4.78 is 6.62. The number of amides is 1. The molecule has 0 saturated carbocycles. The van der Waals surface area contributed by atoms with Crippen LogP contribution in [0.2, 0.25) is 0 Å². The first kappa shape index (κ1) is 16.3. The number of hydrogen-bond acceptors (Lipinski definition) is 3. The van der Waals surface area contributed by atoms with Gasteiger partial charge in [-0.2, -0.15) is 0 Å². The Kier molecular flexibility index (Phi) is 6.06. The van der Waals surface area contributed by atoms with Crippen LogP contribution in [0.3, 0.4) is 0 Å². The van der Waals surface area contributed by atoms with Crippen molar-refractivity contribution >= 4 is 21.8 Å². The Labute approximate surface area is 134 Å². The predicted octanol–water partition coefficient (Wildman–Crippen LogP) is 2.95. The van der Waals surface area contributed by atoms with Crippen LogP contribution < -0.4 is 10.5 Å². The van der Waals surface area contributed by atoms with Gasteiger partial charge < -0.3 is 15.4 Å². The summed E-state index contributed by atoms with van der Waals surface area (Å²) in [6, 6.07) is 8.24. The number of carbonyl (C=O) groups is 1. The van der Waals surface area contributed by atoms with Crippen LogP contribution in [0, 0.1) is 0 Å². The number of nitrogens with zero attached hydrogens (tertiary/aromatic N) is 1. The van der Waals surface area contributed by atoms with Crippen molar-refractivity contribution in [2.24, 2.45) is 5.73 Å². The molecule has 1 aromatic carbocycles. The highest BCUT2D eigenvalue weighted by atomic mass is 79.9. The molecule has 1 aliphatic rings. The van der Waals surface area contributed by atoms with Gasteiger partial charge >= 0.3 is 0 Å². The van der Waals surface area contributed by atoms with Gasteiger partial charge in [0.25, 0.3) is 0 Å². The molecule has 0 aromatic heterocycles. The van der Waals surface area contributed by atoms with Crippen molar-refractivity contribution in [3.05, 3.63) is 28.7 Å². The summed E-state index contributed by atoms with van der Waals surface area (Å²) >= 11 is 3.44. The van der Waals surface area contributed by atoms with E-state index in [1.807, 2.05) is 29.2 Å². The van der Waals surface area contributed by atoms with E-state index in [0.717, 1.165) is 36.0 Å². The maximum Gasteiger partial charge on any atom is 0.222 e. The van der Waals surface area contributed by atoms with Gasteiger partial charge in [0.05, 0.1) is 11.1 Å². The van der Waals surface area contributed by atoms with Crippen molar-refractivity contribution in [1.29, 1.82) is 0 Å². The number of piperidine rings is 1. The molecule has 1 heterocycles. The summed E-state index contributed by atoms with van der Waals surface area (Å²) in [7, 11) is 0. The van der Waals surface area contributed by atoms with Crippen LogP contribution in [0.5, 0.6) is 5.75 Å². The Morgan fingerprint density at radius 2 is 2.24 bits per heavy atom. The topological polar surface area (TPSA) is 55.6 Å². The average Bonchev–Trinajstić information content (AvgIpc) is 2.45. The lowest BCUT2D eigenvalue weighted by Gasteiger charge is -2.36. The fourth-order valence-corrected chi connectivity index (χ4v) is 3.09. The number of halogens is 1. The lowest BCUT2D eigenvalue weighted by atomic mass is 9.98. The Morgan fingerprint density at radius 3 is 2.95 bits per heavy atom. The molecule has 1 aromatic rings. The van der Waals surface area contributed by atoms with Crippen molar-refractivity contribution in [1.82, 2.24) is 4.90 Å². The third-order valence-electron chi connectivity index (χ3n) is 3.87. The van der Waals surface area contributed by atoms with Crippen molar-refractivity contribution in [2.45, 2.75) is 44.7 Å². The van der Waals surface area contributed by atoms with Crippen molar-refractivity contribution in [3.63, 3.8) is 0 Å². The van der Waals surface area contributed by atoms with Gasteiger partial charge in [0.1, 0.15) is 5.75 Å². The van der Waals surface area contributed by atoms with E-state index in [-0.39, 0.29) is 18.0 Å². The van der Waals surface area contributed by atoms with Gasteiger partial charge in [0, 0.05) is 25.0 Å². The molecule has 0 spiro atoms. The summed E-state index contributed by atoms with van der Waals surface area (Å²) in [6.45, 7) is 3.41. The molecule has 1 fully saturated rings.